The second-order valence-electron chi connectivity index (χ2n) is 4.74. The molecule has 0 aromatic heterocycles. The van der Waals surface area contributed by atoms with Crippen LogP contribution in [0.4, 0.5) is 0 Å². The minimum absolute atomic E-state index is 0.507. The van der Waals surface area contributed by atoms with Crippen LogP contribution >= 0.6 is 0 Å². The standard InChI is InChI=1S/C12H23NO/c1-2-10-5-3-4-6-12(10)14-11-7-8-13-9-11/h10-13H,2-9H2,1H3. The molecule has 0 spiro atoms. The lowest BCUT2D eigenvalue weighted by Gasteiger charge is -2.32. The van der Waals surface area contributed by atoms with Crippen molar-refractivity contribution in [3.05, 3.63) is 0 Å². The van der Waals surface area contributed by atoms with Crippen molar-refractivity contribution in [2.75, 3.05) is 13.1 Å². The molecule has 1 aliphatic heterocycles. The molecule has 14 heavy (non-hydrogen) atoms. The van der Waals surface area contributed by atoms with Crippen LogP contribution in [0.25, 0.3) is 0 Å². The number of hydrogen-bond donors (Lipinski definition) is 1. The van der Waals surface area contributed by atoms with Gasteiger partial charge in [0.2, 0.25) is 0 Å². The lowest BCUT2D eigenvalue weighted by molar-refractivity contribution is -0.0522. The van der Waals surface area contributed by atoms with Crippen molar-refractivity contribution in [2.45, 2.75) is 57.7 Å². The fraction of sp³-hybridized carbons (Fsp3) is 1.00. The van der Waals surface area contributed by atoms with E-state index in [0.29, 0.717) is 12.2 Å². The van der Waals surface area contributed by atoms with E-state index in [4.69, 9.17) is 4.74 Å². The summed E-state index contributed by atoms with van der Waals surface area (Å²) in [4.78, 5) is 0. The Labute approximate surface area is 87.4 Å². The topological polar surface area (TPSA) is 21.3 Å². The molecule has 0 aromatic rings. The Bertz CT molecular complexity index is 166. The Balaban J connectivity index is 1.81. The molecular formula is C12H23NO. The van der Waals surface area contributed by atoms with Gasteiger partial charge in [0.25, 0.3) is 0 Å². The van der Waals surface area contributed by atoms with E-state index in [-0.39, 0.29) is 0 Å². The molecule has 2 fully saturated rings. The smallest absolute Gasteiger partial charge is 0.0715 e. The van der Waals surface area contributed by atoms with E-state index in [2.05, 4.69) is 12.2 Å². The summed E-state index contributed by atoms with van der Waals surface area (Å²) in [6.07, 6.45) is 9.07. The van der Waals surface area contributed by atoms with Crippen LogP contribution in [0, 0.1) is 5.92 Å². The van der Waals surface area contributed by atoms with Gasteiger partial charge in [0.15, 0.2) is 0 Å². The van der Waals surface area contributed by atoms with Crippen LogP contribution in [0.15, 0.2) is 0 Å². The summed E-state index contributed by atoms with van der Waals surface area (Å²) in [6, 6.07) is 0. The number of nitrogens with one attached hydrogen (secondary N) is 1. The van der Waals surface area contributed by atoms with Gasteiger partial charge >= 0.3 is 0 Å². The largest absolute Gasteiger partial charge is 0.373 e. The average molecular weight is 197 g/mol. The molecule has 1 heterocycles. The second-order valence-corrected chi connectivity index (χ2v) is 4.74. The maximum absolute atomic E-state index is 6.19. The zero-order chi connectivity index (χ0) is 9.80. The molecule has 0 aromatic carbocycles. The van der Waals surface area contributed by atoms with E-state index in [1.807, 2.05) is 0 Å². The summed E-state index contributed by atoms with van der Waals surface area (Å²) in [5.41, 5.74) is 0. The molecule has 82 valence electrons. The monoisotopic (exact) mass is 197 g/mol. The van der Waals surface area contributed by atoms with Gasteiger partial charge in [0.1, 0.15) is 0 Å². The van der Waals surface area contributed by atoms with Gasteiger partial charge < -0.3 is 10.1 Å². The lowest BCUT2D eigenvalue weighted by Crippen LogP contribution is -2.32. The van der Waals surface area contributed by atoms with Crippen LogP contribution in [0.5, 0.6) is 0 Å². The highest BCUT2D eigenvalue weighted by atomic mass is 16.5. The molecule has 3 unspecified atom stereocenters. The summed E-state index contributed by atoms with van der Waals surface area (Å²) < 4.78 is 6.19. The Morgan fingerprint density at radius 2 is 2.07 bits per heavy atom. The molecule has 0 bridgehead atoms. The third-order valence-corrected chi connectivity index (χ3v) is 3.75. The second kappa shape index (κ2) is 5.13. The predicted octanol–water partition coefficient (Wildman–Crippen LogP) is 2.33. The first-order valence-electron chi connectivity index (χ1n) is 6.26. The summed E-state index contributed by atoms with van der Waals surface area (Å²) >= 11 is 0. The Kier molecular flexibility index (Phi) is 3.82. The van der Waals surface area contributed by atoms with E-state index in [1.165, 1.54) is 38.5 Å². The third kappa shape index (κ3) is 2.48. The van der Waals surface area contributed by atoms with Crippen molar-refractivity contribution >= 4 is 0 Å². The SMILES string of the molecule is CCC1CCCCC1OC1CCNC1. The summed E-state index contributed by atoms with van der Waals surface area (Å²) in [5, 5.41) is 3.37. The third-order valence-electron chi connectivity index (χ3n) is 3.75. The van der Waals surface area contributed by atoms with Gasteiger partial charge in [0.05, 0.1) is 12.2 Å². The molecule has 0 amide bonds. The molecule has 1 saturated heterocycles. The molecule has 2 nitrogen and oxygen atoms in total. The fourth-order valence-electron chi connectivity index (χ4n) is 2.81. The molecule has 2 heteroatoms. The number of hydrogen-bond acceptors (Lipinski definition) is 2. The van der Waals surface area contributed by atoms with Crippen molar-refractivity contribution in [3.8, 4) is 0 Å². The highest BCUT2D eigenvalue weighted by Crippen LogP contribution is 2.30. The van der Waals surface area contributed by atoms with Gasteiger partial charge in [-0.15, -0.1) is 0 Å². The van der Waals surface area contributed by atoms with Crippen LogP contribution in [0.1, 0.15) is 45.4 Å². The maximum atomic E-state index is 6.19. The number of rotatable bonds is 3. The van der Waals surface area contributed by atoms with E-state index >= 15 is 0 Å². The molecule has 0 radical (unpaired) electrons. The van der Waals surface area contributed by atoms with E-state index in [9.17, 15) is 0 Å². The molecule has 2 aliphatic rings. The van der Waals surface area contributed by atoms with Crippen LogP contribution in [-0.4, -0.2) is 25.3 Å². The van der Waals surface area contributed by atoms with Crippen LogP contribution < -0.4 is 5.32 Å². The van der Waals surface area contributed by atoms with Crippen molar-refractivity contribution < 1.29 is 4.74 Å². The van der Waals surface area contributed by atoms with Crippen molar-refractivity contribution in [1.82, 2.24) is 5.32 Å². The summed E-state index contributed by atoms with van der Waals surface area (Å²) in [5.74, 6) is 0.837. The van der Waals surface area contributed by atoms with Gasteiger partial charge in [-0.25, -0.2) is 0 Å². The quantitative estimate of drug-likeness (QED) is 0.750. The Hall–Kier alpha value is -0.0800. The molecule has 1 aliphatic carbocycles. The van der Waals surface area contributed by atoms with E-state index < -0.39 is 0 Å². The van der Waals surface area contributed by atoms with Crippen molar-refractivity contribution in [2.24, 2.45) is 5.92 Å². The summed E-state index contributed by atoms with van der Waals surface area (Å²) in [7, 11) is 0. The predicted molar refractivity (Wildman–Crippen MR) is 58.4 cm³/mol. The lowest BCUT2D eigenvalue weighted by atomic mass is 9.84. The Morgan fingerprint density at radius 1 is 1.21 bits per heavy atom. The van der Waals surface area contributed by atoms with Crippen LogP contribution in [0.2, 0.25) is 0 Å². The Morgan fingerprint density at radius 3 is 2.79 bits per heavy atom. The molecule has 1 N–H and O–H groups in total. The molecule has 1 saturated carbocycles. The van der Waals surface area contributed by atoms with Gasteiger partial charge in [-0.3, -0.25) is 0 Å². The average Bonchev–Trinajstić information content (AvgIpc) is 2.71. The van der Waals surface area contributed by atoms with Gasteiger partial charge in [0, 0.05) is 6.54 Å². The zero-order valence-corrected chi connectivity index (χ0v) is 9.30. The van der Waals surface area contributed by atoms with Crippen LogP contribution in [0.3, 0.4) is 0 Å². The van der Waals surface area contributed by atoms with Gasteiger partial charge in [-0.1, -0.05) is 26.2 Å². The van der Waals surface area contributed by atoms with Crippen LogP contribution in [-0.2, 0) is 4.74 Å². The van der Waals surface area contributed by atoms with Gasteiger partial charge in [-0.2, -0.15) is 0 Å². The normalized spacial score (nSPS) is 38.8. The first-order valence-corrected chi connectivity index (χ1v) is 6.26. The number of ether oxygens (including phenoxy) is 1. The van der Waals surface area contributed by atoms with E-state index in [0.717, 1.165) is 19.0 Å². The molecular weight excluding hydrogens is 174 g/mol. The molecule has 2 rings (SSSR count). The minimum atomic E-state index is 0.507. The highest BCUT2D eigenvalue weighted by molar-refractivity contribution is 4.79. The zero-order valence-electron chi connectivity index (χ0n) is 9.30. The maximum Gasteiger partial charge on any atom is 0.0715 e. The van der Waals surface area contributed by atoms with E-state index in [1.54, 1.807) is 0 Å². The molecule has 3 atom stereocenters. The first kappa shape index (κ1) is 10.4. The van der Waals surface area contributed by atoms with Gasteiger partial charge in [-0.05, 0) is 31.7 Å². The summed E-state index contributed by atoms with van der Waals surface area (Å²) in [6.45, 7) is 4.53. The minimum Gasteiger partial charge on any atom is -0.373 e. The fourth-order valence-corrected chi connectivity index (χ4v) is 2.81. The van der Waals surface area contributed by atoms with Crippen molar-refractivity contribution in [1.29, 1.82) is 0 Å². The first-order chi connectivity index (χ1) is 6.90. The van der Waals surface area contributed by atoms with Crippen molar-refractivity contribution in [3.63, 3.8) is 0 Å². The highest BCUT2D eigenvalue weighted by Gasteiger charge is 2.27.